The van der Waals surface area contributed by atoms with Crippen molar-refractivity contribution in [3.05, 3.63) is 70.8 Å². The summed E-state index contributed by atoms with van der Waals surface area (Å²) in [5.74, 6) is -0.239. The fourth-order valence-electron chi connectivity index (χ4n) is 3.95. The summed E-state index contributed by atoms with van der Waals surface area (Å²) in [6.07, 6.45) is -3.81. The molecule has 0 aromatic heterocycles. The van der Waals surface area contributed by atoms with E-state index in [0.717, 1.165) is 11.6 Å². The highest BCUT2D eigenvalue weighted by Gasteiger charge is 2.49. The minimum atomic E-state index is -4.44. The van der Waals surface area contributed by atoms with Crippen molar-refractivity contribution >= 4 is 28.5 Å². The van der Waals surface area contributed by atoms with Crippen LogP contribution in [0.3, 0.4) is 0 Å². The van der Waals surface area contributed by atoms with E-state index in [2.05, 4.69) is 22.6 Å². The predicted molar refractivity (Wildman–Crippen MR) is 104 cm³/mol. The number of nitrogens with zero attached hydrogens (tertiary/aromatic N) is 1. The SMILES string of the molecule is CC[C@]1(CI)c2cc(C(F)(F)F)ccc2C(=O)N(C)[C@H]1c1ccccc1. The fourth-order valence-corrected chi connectivity index (χ4v) is 5.31. The molecule has 0 unspecified atom stereocenters. The molecule has 0 radical (unpaired) electrons. The molecule has 1 aliphatic heterocycles. The van der Waals surface area contributed by atoms with E-state index in [0.29, 0.717) is 22.0 Å². The van der Waals surface area contributed by atoms with Gasteiger partial charge >= 0.3 is 6.18 Å². The van der Waals surface area contributed by atoms with Gasteiger partial charge in [-0.25, -0.2) is 0 Å². The van der Waals surface area contributed by atoms with Gasteiger partial charge in [-0.3, -0.25) is 4.79 Å². The Morgan fingerprint density at radius 1 is 1.15 bits per heavy atom. The quantitative estimate of drug-likeness (QED) is 0.419. The van der Waals surface area contributed by atoms with Crippen molar-refractivity contribution in [2.45, 2.75) is 31.0 Å². The standard InChI is InChI=1S/C20H19F3INO/c1-3-19(12-24)16-11-14(20(21,22)23)9-10-15(16)18(26)25(2)17(19)13-7-5-4-6-8-13/h4-11,17H,3,12H2,1-2H3/t17-,19-/m0/s1. The second kappa shape index (κ2) is 6.87. The third kappa shape index (κ3) is 2.92. The lowest BCUT2D eigenvalue weighted by Crippen LogP contribution is -2.51. The first kappa shape index (κ1) is 19.2. The molecule has 1 aliphatic rings. The molecule has 1 amide bonds. The number of carbonyl (C=O) groups is 1. The summed E-state index contributed by atoms with van der Waals surface area (Å²) in [5, 5.41) is 0. The van der Waals surface area contributed by atoms with Crippen LogP contribution in [0.2, 0.25) is 0 Å². The van der Waals surface area contributed by atoms with Gasteiger partial charge in [0.05, 0.1) is 11.6 Å². The van der Waals surface area contributed by atoms with Crippen molar-refractivity contribution in [2.24, 2.45) is 0 Å². The molecular formula is C20H19F3INO. The molecule has 0 saturated carbocycles. The van der Waals surface area contributed by atoms with Crippen molar-refractivity contribution < 1.29 is 18.0 Å². The Morgan fingerprint density at radius 2 is 1.81 bits per heavy atom. The van der Waals surface area contributed by atoms with Gasteiger partial charge in [0, 0.05) is 22.5 Å². The summed E-state index contributed by atoms with van der Waals surface area (Å²) < 4.78 is 40.5. The summed E-state index contributed by atoms with van der Waals surface area (Å²) in [6.45, 7) is 1.97. The van der Waals surface area contributed by atoms with Crippen LogP contribution in [0.1, 0.15) is 46.4 Å². The number of alkyl halides is 4. The molecule has 2 atom stereocenters. The minimum absolute atomic E-state index is 0.239. The Morgan fingerprint density at radius 3 is 2.35 bits per heavy atom. The van der Waals surface area contributed by atoms with E-state index in [4.69, 9.17) is 0 Å². The monoisotopic (exact) mass is 473 g/mol. The molecule has 1 heterocycles. The van der Waals surface area contributed by atoms with E-state index in [-0.39, 0.29) is 11.9 Å². The van der Waals surface area contributed by atoms with Gasteiger partial charge in [0.2, 0.25) is 0 Å². The first-order valence-electron chi connectivity index (χ1n) is 8.36. The van der Waals surface area contributed by atoms with Gasteiger partial charge < -0.3 is 4.90 Å². The first-order chi connectivity index (χ1) is 12.3. The van der Waals surface area contributed by atoms with Crippen LogP contribution < -0.4 is 0 Å². The minimum Gasteiger partial charge on any atom is -0.334 e. The molecule has 0 N–H and O–H groups in total. The van der Waals surface area contributed by atoms with Crippen molar-refractivity contribution in [3.8, 4) is 0 Å². The molecule has 0 spiro atoms. The molecule has 0 fully saturated rings. The third-order valence-electron chi connectivity index (χ3n) is 5.33. The number of rotatable bonds is 3. The number of hydrogen-bond acceptors (Lipinski definition) is 1. The van der Waals surface area contributed by atoms with Crippen molar-refractivity contribution in [3.63, 3.8) is 0 Å². The zero-order valence-electron chi connectivity index (χ0n) is 14.5. The smallest absolute Gasteiger partial charge is 0.334 e. The van der Waals surface area contributed by atoms with Crippen LogP contribution in [0.25, 0.3) is 0 Å². The molecule has 0 aliphatic carbocycles. The highest BCUT2D eigenvalue weighted by atomic mass is 127. The summed E-state index contributed by atoms with van der Waals surface area (Å²) >= 11 is 2.23. The predicted octanol–water partition coefficient (Wildman–Crippen LogP) is 5.62. The van der Waals surface area contributed by atoms with Crippen LogP contribution in [0.15, 0.2) is 48.5 Å². The van der Waals surface area contributed by atoms with Crippen LogP contribution >= 0.6 is 22.6 Å². The molecule has 3 rings (SSSR count). The lowest BCUT2D eigenvalue weighted by molar-refractivity contribution is -0.137. The third-order valence-corrected chi connectivity index (χ3v) is 6.69. The number of amides is 1. The highest BCUT2D eigenvalue weighted by Crippen LogP contribution is 2.50. The van der Waals surface area contributed by atoms with Gasteiger partial charge in [0.25, 0.3) is 5.91 Å². The molecule has 0 bridgehead atoms. The van der Waals surface area contributed by atoms with Crippen LogP contribution in [0, 0.1) is 0 Å². The van der Waals surface area contributed by atoms with Crippen molar-refractivity contribution in [1.82, 2.24) is 4.90 Å². The maximum atomic E-state index is 13.3. The van der Waals surface area contributed by atoms with Gasteiger partial charge in [-0.1, -0.05) is 59.8 Å². The van der Waals surface area contributed by atoms with Crippen LogP contribution in [0.5, 0.6) is 0 Å². The second-order valence-corrected chi connectivity index (χ2v) is 7.39. The number of likely N-dealkylation sites (N-methyl/N-ethyl adjacent to an activating group) is 1. The lowest BCUT2D eigenvalue weighted by atomic mass is 9.66. The average Bonchev–Trinajstić information content (AvgIpc) is 2.64. The lowest BCUT2D eigenvalue weighted by Gasteiger charge is -2.49. The van der Waals surface area contributed by atoms with E-state index < -0.39 is 17.2 Å². The molecule has 2 nitrogen and oxygen atoms in total. The van der Waals surface area contributed by atoms with Crippen LogP contribution in [-0.2, 0) is 11.6 Å². The van der Waals surface area contributed by atoms with Crippen molar-refractivity contribution in [1.29, 1.82) is 0 Å². The second-order valence-electron chi connectivity index (χ2n) is 6.63. The summed E-state index contributed by atoms with van der Waals surface area (Å²) in [4.78, 5) is 14.6. The zero-order valence-corrected chi connectivity index (χ0v) is 16.6. The molecule has 0 saturated heterocycles. The maximum Gasteiger partial charge on any atom is 0.416 e. The molecule has 6 heteroatoms. The van der Waals surface area contributed by atoms with Gasteiger partial charge in [-0.05, 0) is 35.7 Å². The molecular weight excluding hydrogens is 454 g/mol. The molecule has 2 aromatic rings. The largest absolute Gasteiger partial charge is 0.416 e. The highest BCUT2D eigenvalue weighted by molar-refractivity contribution is 14.1. The summed E-state index contributed by atoms with van der Waals surface area (Å²) in [5.41, 5.74) is 0.515. The first-order valence-corrected chi connectivity index (χ1v) is 9.88. The molecule has 26 heavy (non-hydrogen) atoms. The normalized spacial score (nSPS) is 23.1. The van der Waals surface area contributed by atoms with Gasteiger partial charge in [0.1, 0.15) is 0 Å². The Balaban J connectivity index is 2.30. The Bertz CT molecular complexity index is 816. The number of fused-ring (bicyclic) bond motifs is 1. The van der Waals surface area contributed by atoms with Gasteiger partial charge in [-0.15, -0.1) is 0 Å². The number of carbonyl (C=O) groups excluding carboxylic acids is 1. The number of halogens is 4. The maximum absolute atomic E-state index is 13.3. The van der Waals surface area contributed by atoms with E-state index >= 15 is 0 Å². The van der Waals surface area contributed by atoms with Crippen molar-refractivity contribution in [2.75, 3.05) is 11.5 Å². The van der Waals surface area contributed by atoms with E-state index in [1.54, 1.807) is 11.9 Å². The number of benzene rings is 2. The zero-order chi connectivity index (χ0) is 19.1. The number of hydrogen-bond donors (Lipinski definition) is 0. The molecule has 2 aromatic carbocycles. The molecule has 138 valence electrons. The van der Waals surface area contributed by atoms with Crippen LogP contribution in [-0.4, -0.2) is 22.3 Å². The Kier molecular flexibility index (Phi) is 5.07. The fraction of sp³-hybridized carbons (Fsp3) is 0.350. The van der Waals surface area contributed by atoms with Gasteiger partial charge in [-0.2, -0.15) is 13.2 Å². The Labute approximate surface area is 164 Å². The van der Waals surface area contributed by atoms with E-state index in [1.807, 2.05) is 37.3 Å². The van der Waals surface area contributed by atoms with Gasteiger partial charge in [0.15, 0.2) is 0 Å². The van der Waals surface area contributed by atoms with E-state index in [9.17, 15) is 18.0 Å². The van der Waals surface area contributed by atoms with Crippen LogP contribution in [0.4, 0.5) is 13.2 Å². The summed E-state index contributed by atoms with van der Waals surface area (Å²) in [6, 6.07) is 12.7. The average molecular weight is 473 g/mol. The summed E-state index contributed by atoms with van der Waals surface area (Å²) in [7, 11) is 1.73. The topological polar surface area (TPSA) is 20.3 Å². The Hall–Kier alpha value is -1.57. The van der Waals surface area contributed by atoms with E-state index in [1.165, 1.54) is 12.1 Å².